The smallest absolute Gasteiger partial charge is 0.141 e. The molecule has 2 nitrogen and oxygen atoms in total. The summed E-state index contributed by atoms with van der Waals surface area (Å²) in [6.45, 7) is 3.48. The van der Waals surface area contributed by atoms with Gasteiger partial charge in [0.15, 0.2) is 0 Å². The Bertz CT molecular complexity index is 273. The molecule has 0 spiro atoms. The number of hydrogen-bond acceptors (Lipinski definition) is 2. The van der Waals surface area contributed by atoms with Crippen molar-refractivity contribution < 1.29 is 9.50 Å². The number of nitrogens with zero attached hydrogens (tertiary/aromatic N) is 1. The number of aromatic nitrogens is 1. The first-order valence-corrected chi connectivity index (χ1v) is 3.89. The molecule has 0 amide bonds. The molecule has 1 unspecified atom stereocenters. The lowest BCUT2D eigenvalue weighted by atomic mass is 9.95. The van der Waals surface area contributed by atoms with Gasteiger partial charge in [0.1, 0.15) is 5.82 Å². The zero-order chi connectivity index (χ0) is 9.19. The van der Waals surface area contributed by atoms with E-state index in [2.05, 4.69) is 4.98 Å². The minimum atomic E-state index is -0.977. The van der Waals surface area contributed by atoms with Crippen LogP contribution in [0.2, 0.25) is 0 Å². The Morgan fingerprint density at radius 2 is 2.25 bits per heavy atom. The molecule has 0 saturated carbocycles. The molecule has 1 aromatic heterocycles. The Labute approximate surface area is 71.1 Å². The highest BCUT2D eigenvalue weighted by atomic mass is 19.1. The lowest BCUT2D eigenvalue weighted by molar-refractivity contribution is 0.0524. The summed E-state index contributed by atoms with van der Waals surface area (Å²) in [5.74, 6) is -0.416. The van der Waals surface area contributed by atoms with Crippen LogP contribution in [0, 0.1) is 5.82 Å². The molecule has 0 saturated heterocycles. The maximum absolute atomic E-state index is 12.7. The van der Waals surface area contributed by atoms with Gasteiger partial charge in [-0.25, -0.2) is 4.39 Å². The third-order valence-corrected chi connectivity index (χ3v) is 2.02. The van der Waals surface area contributed by atoms with Crippen molar-refractivity contribution in [2.45, 2.75) is 25.9 Å². The van der Waals surface area contributed by atoms with Crippen molar-refractivity contribution in [1.82, 2.24) is 4.98 Å². The molecule has 1 heterocycles. The van der Waals surface area contributed by atoms with Gasteiger partial charge in [-0.15, -0.1) is 0 Å². The van der Waals surface area contributed by atoms with Crippen molar-refractivity contribution in [3.05, 3.63) is 29.8 Å². The summed E-state index contributed by atoms with van der Waals surface area (Å²) >= 11 is 0. The van der Waals surface area contributed by atoms with Crippen molar-refractivity contribution in [1.29, 1.82) is 0 Å². The zero-order valence-electron chi connectivity index (χ0n) is 7.21. The predicted molar refractivity (Wildman–Crippen MR) is 44.1 cm³/mol. The molecular formula is C9H12FNO. The van der Waals surface area contributed by atoms with Gasteiger partial charge in [0.05, 0.1) is 11.8 Å². The van der Waals surface area contributed by atoms with E-state index in [9.17, 15) is 9.50 Å². The second-order valence-corrected chi connectivity index (χ2v) is 3.02. The molecule has 1 atom stereocenters. The minimum absolute atomic E-state index is 0.416. The van der Waals surface area contributed by atoms with Crippen LogP contribution in [0.5, 0.6) is 0 Å². The fourth-order valence-electron chi connectivity index (χ4n) is 0.911. The molecule has 1 aromatic rings. The number of pyridine rings is 1. The van der Waals surface area contributed by atoms with Crippen LogP contribution >= 0.6 is 0 Å². The van der Waals surface area contributed by atoms with Crippen molar-refractivity contribution in [2.24, 2.45) is 0 Å². The third-order valence-electron chi connectivity index (χ3n) is 2.02. The molecule has 0 aliphatic heterocycles. The van der Waals surface area contributed by atoms with E-state index in [0.29, 0.717) is 12.0 Å². The number of aliphatic hydroxyl groups is 1. The van der Waals surface area contributed by atoms with Gasteiger partial charge in [-0.05, 0) is 19.4 Å². The van der Waals surface area contributed by atoms with Gasteiger partial charge >= 0.3 is 0 Å². The Morgan fingerprint density at radius 1 is 1.58 bits per heavy atom. The normalized spacial score (nSPS) is 15.7. The first-order valence-electron chi connectivity index (χ1n) is 3.89. The van der Waals surface area contributed by atoms with Gasteiger partial charge in [0.2, 0.25) is 0 Å². The Morgan fingerprint density at radius 3 is 2.75 bits per heavy atom. The van der Waals surface area contributed by atoms with Gasteiger partial charge in [-0.1, -0.05) is 6.92 Å². The summed E-state index contributed by atoms with van der Waals surface area (Å²) < 4.78 is 12.7. The van der Waals surface area contributed by atoms with E-state index in [-0.39, 0.29) is 0 Å². The number of rotatable bonds is 2. The lowest BCUT2D eigenvalue weighted by Gasteiger charge is -2.20. The monoisotopic (exact) mass is 169 g/mol. The van der Waals surface area contributed by atoms with Crippen LogP contribution in [0.4, 0.5) is 4.39 Å². The first-order chi connectivity index (χ1) is 5.56. The summed E-state index contributed by atoms with van der Waals surface area (Å²) in [5.41, 5.74) is -0.459. The summed E-state index contributed by atoms with van der Waals surface area (Å²) in [5, 5.41) is 9.71. The Kier molecular flexibility index (Phi) is 2.43. The molecule has 0 aromatic carbocycles. The molecule has 1 rings (SSSR count). The second-order valence-electron chi connectivity index (χ2n) is 3.02. The number of halogens is 1. The van der Waals surface area contributed by atoms with E-state index >= 15 is 0 Å². The Balaban J connectivity index is 3.03. The van der Waals surface area contributed by atoms with E-state index < -0.39 is 11.4 Å². The van der Waals surface area contributed by atoms with Gasteiger partial charge in [-0.2, -0.15) is 0 Å². The molecule has 1 N–H and O–H groups in total. The highest BCUT2D eigenvalue weighted by Crippen LogP contribution is 2.23. The zero-order valence-corrected chi connectivity index (χ0v) is 7.21. The quantitative estimate of drug-likeness (QED) is 0.732. The Hall–Kier alpha value is -0.960. The molecule has 0 aliphatic carbocycles. The van der Waals surface area contributed by atoms with Crippen LogP contribution in [-0.4, -0.2) is 10.1 Å². The molecule has 0 fully saturated rings. The fraction of sp³-hybridized carbons (Fsp3) is 0.444. The third kappa shape index (κ3) is 1.80. The number of hydrogen-bond donors (Lipinski definition) is 1. The SMILES string of the molecule is CCC(C)(O)c1cncc(F)c1. The van der Waals surface area contributed by atoms with Gasteiger partial charge in [0, 0.05) is 11.8 Å². The van der Waals surface area contributed by atoms with Crippen molar-refractivity contribution >= 4 is 0 Å². The van der Waals surface area contributed by atoms with E-state index in [1.807, 2.05) is 6.92 Å². The summed E-state index contributed by atoms with van der Waals surface area (Å²) in [7, 11) is 0. The van der Waals surface area contributed by atoms with Crippen LogP contribution in [0.25, 0.3) is 0 Å². The summed E-state index contributed by atoms with van der Waals surface area (Å²) in [6, 6.07) is 1.30. The molecule has 0 radical (unpaired) electrons. The standard InChI is InChI=1S/C9H12FNO/c1-3-9(2,12)7-4-8(10)6-11-5-7/h4-6,12H,3H2,1-2H3. The summed E-state index contributed by atoms with van der Waals surface area (Å²) in [6.07, 6.45) is 3.14. The predicted octanol–water partition coefficient (Wildman–Crippen LogP) is 1.84. The lowest BCUT2D eigenvalue weighted by Crippen LogP contribution is -2.19. The van der Waals surface area contributed by atoms with Gasteiger partial charge in [-0.3, -0.25) is 4.98 Å². The van der Waals surface area contributed by atoms with E-state index in [1.54, 1.807) is 6.92 Å². The average Bonchev–Trinajstić information content (AvgIpc) is 2.05. The van der Waals surface area contributed by atoms with Crippen LogP contribution < -0.4 is 0 Å². The first kappa shape index (κ1) is 9.13. The van der Waals surface area contributed by atoms with Crippen LogP contribution in [0.3, 0.4) is 0 Å². The second kappa shape index (κ2) is 3.19. The van der Waals surface area contributed by atoms with E-state index in [0.717, 1.165) is 6.20 Å². The molecular weight excluding hydrogens is 157 g/mol. The molecule has 12 heavy (non-hydrogen) atoms. The van der Waals surface area contributed by atoms with Crippen LogP contribution in [-0.2, 0) is 5.60 Å². The molecule has 0 aliphatic rings. The highest BCUT2D eigenvalue weighted by molar-refractivity contribution is 5.17. The molecule has 3 heteroatoms. The fourth-order valence-corrected chi connectivity index (χ4v) is 0.911. The maximum Gasteiger partial charge on any atom is 0.141 e. The topological polar surface area (TPSA) is 33.1 Å². The highest BCUT2D eigenvalue weighted by Gasteiger charge is 2.20. The van der Waals surface area contributed by atoms with Gasteiger partial charge < -0.3 is 5.11 Å². The van der Waals surface area contributed by atoms with Gasteiger partial charge in [0.25, 0.3) is 0 Å². The average molecular weight is 169 g/mol. The van der Waals surface area contributed by atoms with Crippen molar-refractivity contribution in [3.8, 4) is 0 Å². The minimum Gasteiger partial charge on any atom is -0.385 e. The molecule has 0 bridgehead atoms. The van der Waals surface area contributed by atoms with E-state index in [1.165, 1.54) is 12.3 Å². The van der Waals surface area contributed by atoms with Crippen LogP contribution in [0.1, 0.15) is 25.8 Å². The van der Waals surface area contributed by atoms with E-state index in [4.69, 9.17) is 0 Å². The van der Waals surface area contributed by atoms with Crippen molar-refractivity contribution in [3.63, 3.8) is 0 Å². The van der Waals surface area contributed by atoms with Crippen molar-refractivity contribution in [2.75, 3.05) is 0 Å². The maximum atomic E-state index is 12.7. The van der Waals surface area contributed by atoms with Crippen LogP contribution in [0.15, 0.2) is 18.5 Å². The molecule has 66 valence electrons. The largest absolute Gasteiger partial charge is 0.385 e. The summed E-state index contributed by atoms with van der Waals surface area (Å²) in [4.78, 5) is 3.66.